The lowest BCUT2D eigenvalue weighted by Gasteiger charge is -2.08. The number of rotatable bonds is 9. The molecule has 7 heteroatoms. The maximum absolute atomic E-state index is 5.77. The number of hydrogen-bond acceptors (Lipinski definition) is 6. The summed E-state index contributed by atoms with van der Waals surface area (Å²) in [5, 5.41) is 9.29. The van der Waals surface area contributed by atoms with E-state index in [1.54, 1.807) is 18.9 Å². The Balaban J connectivity index is 1.45. The average molecular weight is 385 g/mol. The minimum Gasteiger partial charge on any atom is -0.497 e. The van der Waals surface area contributed by atoms with Crippen LogP contribution in [0.5, 0.6) is 17.2 Å². The van der Waals surface area contributed by atoms with Crippen LogP contribution >= 0.6 is 11.8 Å². The Labute approximate surface area is 163 Å². The van der Waals surface area contributed by atoms with Gasteiger partial charge in [0.25, 0.3) is 0 Å². The lowest BCUT2D eigenvalue weighted by molar-refractivity contribution is 0.290. The van der Waals surface area contributed by atoms with Gasteiger partial charge in [-0.05, 0) is 43.3 Å². The van der Waals surface area contributed by atoms with Gasteiger partial charge in [0.05, 0.1) is 13.7 Å². The van der Waals surface area contributed by atoms with Gasteiger partial charge < -0.3 is 18.8 Å². The van der Waals surface area contributed by atoms with E-state index in [2.05, 4.69) is 17.1 Å². The fourth-order valence-corrected chi connectivity index (χ4v) is 3.09. The molecule has 1 aromatic heterocycles. The molecule has 0 saturated carbocycles. The van der Waals surface area contributed by atoms with Crippen LogP contribution in [0.2, 0.25) is 0 Å². The monoisotopic (exact) mass is 385 g/mol. The first kappa shape index (κ1) is 19.1. The third-order valence-electron chi connectivity index (χ3n) is 3.96. The number of thioether (sulfide) groups is 1. The highest BCUT2D eigenvalue weighted by Gasteiger charge is 2.10. The highest BCUT2D eigenvalue weighted by atomic mass is 32.2. The van der Waals surface area contributed by atoms with Gasteiger partial charge in [0, 0.05) is 12.8 Å². The summed E-state index contributed by atoms with van der Waals surface area (Å²) in [6, 6.07) is 15.5. The molecule has 0 fully saturated rings. The van der Waals surface area contributed by atoms with Gasteiger partial charge >= 0.3 is 0 Å². The van der Waals surface area contributed by atoms with Gasteiger partial charge in [-0.25, -0.2) is 0 Å². The smallest absolute Gasteiger partial charge is 0.191 e. The molecular formula is C20H23N3O3S. The molecule has 0 spiro atoms. The van der Waals surface area contributed by atoms with Crippen LogP contribution in [0.1, 0.15) is 11.4 Å². The summed E-state index contributed by atoms with van der Waals surface area (Å²) in [4.78, 5) is 0. The van der Waals surface area contributed by atoms with Crippen molar-refractivity contribution in [2.24, 2.45) is 7.05 Å². The summed E-state index contributed by atoms with van der Waals surface area (Å²) in [6.07, 6.45) is 0. The first-order valence-corrected chi connectivity index (χ1v) is 9.61. The van der Waals surface area contributed by atoms with Crippen molar-refractivity contribution in [1.29, 1.82) is 0 Å². The van der Waals surface area contributed by atoms with Crippen LogP contribution in [0, 0.1) is 6.92 Å². The van der Waals surface area contributed by atoms with Crippen molar-refractivity contribution in [2.45, 2.75) is 18.7 Å². The summed E-state index contributed by atoms with van der Waals surface area (Å²) >= 11 is 1.61. The van der Waals surface area contributed by atoms with E-state index in [9.17, 15) is 0 Å². The summed E-state index contributed by atoms with van der Waals surface area (Å²) in [6.45, 7) is 3.03. The Hall–Kier alpha value is -2.67. The Kier molecular flexibility index (Phi) is 6.59. The van der Waals surface area contributed by atoms with E-state index in [0.29, 0.717) is 13.2 Å². The molecule has 0 aliphatic heterocycles. The maximum atomic E-state index is 5.77. The fraction of sp³-hybridized carbons (Fsp3) is 0.300. The molecule has 0 unspecified atom stereocenters. The quantitative estimate of drug-likeness (QED) is 0.411. The van der Waals surface area contributed by atoms with Crippen LogP contribution in [0.15, 0.2) is 53.7 Å². The number of benzene rings is 2. The van der Waals surface area contributed by atoms with Gasteiger partial charge in [-0.3, -0.25) is 0 Å². The molecule has 0 aliphatic rings. The fourth-order valence-electron chi connectivity index (χ4n) is 2.34. The third-order valence-corrected chi connectivity index (χ3v) is 4.94. The first-order valence-electron chi connectivity index (χ1n) is 8.63. The van der Waals surface area contributed by atoms with Crippen molar-refractivity contribution in [2.75, 3.05) is 19.5 Å². The predicted octanol–water partition coefficient (Wildman–Crippen LogP) is 3.88. The Morgan fingerprint density at radius 3 is 2.22 bits per heavy atom. The molecule has 0 amide bonds. The molecule has 27 heavy (non-hydrogen) atoms. The highest BCUT2D eigenvalue weighted by molar-refractivity contribution is 7.99. The van der Waals surface area contributed by atoms with E-state index in [4.69, 9.17) is 14.2 Å². The average Bonchev–Trinajstić information content (AvgIpc) is 3.05. The molecule has 3 aromatic rings. The maximum Gasteiger partial charge on any atom is 0.191 e. The van der Waals surface area contributed by atoms with Crippen LogP contribution in [-0.2, 0) is 13.7 Å². The molecule has 3 rings (SSSR count). The molecule has 2 aromatic carbocycles. The van der Waals surface area contributed by atoms with Crippen LogP contribution in [0.4, 0.5) is 0 Å². The van der Waals surface area contributed by atoms with Crippen molar-refractivity contribution in [3.8, 4) is 17.2 Å². The van der Waals surface area contributed by atoms with Crippen molar-refractivity contribution < 1.29 is 14.2 Å². The molecule has 0 saturated heterocycles. The van der Waals surface area contributed by atoms with Gasteiger partial charge in [-0.1, -0.05) is 29.5 Å². The highest BCUT2D eigenvalue weighted by Crippen LogP contribution is 2.20. The zero-order valence-electron chi connectivity index (χ0n) is 15.7. The summed E-state index contributed by atoms with van der Waals surface area (Å²) in [5.41, 5.74) is 1.22. The SMILES string of the molecule is COc1ccc(OCc2nnc(SCCOc3ccc(C)cc3)n2C)cc1. The third kappa shape index (κ3) is 5.40. The molecule has 0 N–H and O–H groups in total. The Morgan fingerprint density at radius 1 is 0.889 bits per heavy atom. The predicted molar refractivity (Wildman–Crippen MR) is 106 cm³/mol. The second kappa shape index (κ2) is 9.32. The molecule has 0 bridgehead atoms. The number of nitrogens with zero attached hydrogens (tertiary/aromatic N) is 3. The van der Waals surface area contributed by atoms with Gasteiger partial charge in [0.2, 0.25) is 0 Å². The van der Waals surface area contributed by atoms with E-state index in [1.807, 2.05) is 60.1 Å². The van der Waals surface area contributed by atoms with Gasteiger partial charge in [-0.2, -0.15) is 0 Å². The van der Waals surface area contributed by atoms with Crippen LogP contribution in [0.3, 0.4) is 0 Å². The molecule has 142 valence electrons. The first-order chi connectivity index (χ1) is 13.2. The minimum atomic E-state index is 0.357. The van der Waals surface area contributed by atoms with Crippen molar-refractivity contribution in [3.05, 3.63) is 59.9 Å². The molecule has 0 aliphatic carbocycles. The van der Waals surface area contributed by atoms with Crippen molar-refractivity contribution in [3.63, 3.8) is 0 Å². The van der Waals surface area contributed by atoms with Crippen LogP contribution < -0.4 is 14.2 Å². The number of aryl methyl sites for hydroxylation is 1. The standard InChI is InChI=1S/C20H23N3O3S/c1-15-4-6-17(7-5-15)25-12-13-27-20-22-21-19(23(20)2)14-26-18-10-8-16(24-3)9-11-18/h4-11H,12-14H2,1-3H3. The molecule has 6 nitrogen and oxygen atoms in total. The van der Waals surface area contributed by atoms with E-state index < -0.39 is 0 Å². The number of ether oxygens (including phenoxy) is 3. The van der Waals surface area contributed by atoms with Crippen LogP contribution in [0.25, 0.3) is 0 Å². The lowest BCUT2D eigenvalue weighted by atomic mass is 10.2. The zero-order chi connectivity index (χ0) is 19.1. The number of hydrogen-bond donors (Lipinski definition) is 0. The Bertz CT molecular complexity index is 848. The minimum absolute atomic E-state index is 0.357. The Morgan fingerprint density at radius 2 is 1.52 bits per heavy atom. The zero-order valence-corrected chi connectivity index (χ0v) is 16.5. The van der Waals surface area contributed by atoms with Gasteiger partial charge in [0.1, 0.15) is 23.9 Å². The lowest BCUT2D eigenvalue weighted by Crippen LogP contribution is -2.05. The second-order valence-corrected chi connectivity index (χ2v) is 6.99. The van der Waals surface area contributed by atoms with E-state index >= 15 is 0 Å². The number of aromatic nitrogens is 3. The second-order valence-electron chi connectivity index (χ2n) is 5.93. The molecule has 1 heterocycles. The summed E-state index contributed by atoms with van der Waals surface area (Å²) < 4.78 is 18.6. The van der Waals surface area contributed by atoms with Gasteiger partial charge in [-0.15, -0.1) is 10.2 Å². The van der Waals surface area contributed by atoms with Crippen molar-refractivity contribution >= 4 is 11.8 Å². The number of methoxy groups -OCH3 is 1. The molecule has 0 radical (unpaired) electrons. The van der Waals surface area contributed by atoms with E-state index in [0.717, 1.165) is 34.0 Å². The van der Waals surface area contributed by atoms with E-state index in [1.165, 1.54) is 5.56 Å². The van der Waals surface area contributed by atoms with Crippen molar-refractivity contribution in [1.82, 2.24) is 14.8 Å². The van der Waals surface area contributed by atoms with Crippen LogP contribution in [-0.4, -0.2) is 34.2 Å². The summed E-state index contributed by atoms with van der Waals surface area (Å²) in [7, 11) is 3.58. The van der Waals surface area contributed by atoms with Gasteiger partial charge in [0.15, 0.2) is 11.0 Å². The topological polar surface area (TPSA) is 58.4 Å². The van der Waals surface area contributed by atoms with E-state index in [-0.39, 0.29) is 0 Å². The molecule has 0 atom stereocenters. The normalized spacial score (nSPS) is 10.6. The molecular weight excluding hydrogens is 362 g/mol. The summed E-state index contributed by atoms with van der Waals surface area (Å²) in [5.74, 6) is 4.01. The largest absolute Gasteiger partial charge is 0.497 e.